The van der Waals surface area contributed by atoms with Crippen molar-refractivity contribution in [2.75, 3.05) is 7.11 Å². The molecule has 0 spiro atoms. The van der Waals surface area contributed by atoms with Gasteiger partial charge in [-0.05, 0) is 11.4 Å². The van der Waals surface area contributed by atoms with Crippen LogP contribution in [0.15, 0.2) is 17.5 Å². The van der Waals surface area contributed by atoms with Gasteiger partial charge >= 0.3 is 0 Å². The van der Waals surface area contributed by atoms with Crippen molar-refractivity contribution in [3.8, 4) is 11.2 Å². The first-order chi connectivity index (χ1) is 10.3. The summed E-state index contributed by atoms with van der Waals surface area (Å²) in [4.78, 5) is 1.14. The third-order valence-electron chi connectivity index (χ3n) is 2.70. The molecule has 0 saturated carbocycles. The molecule has 9 heteroatoms. The number of thiophene rings is 1. The molecule has 3 aromatic rings. The van der Waals surface area contributed by atoms with Gasteiger partial charge in [0.05, 0.1) is 5.69 Å². The number of ether oxygens (including phenoxy) is 1. The van der Waals surface area contributed by atoms with E-state index in [-0.39, 0.29) is 0 Å². The van der Waals surface area contributed by atoms with E-state index in [1.165, 1.54) is 11.3 Å². The normalized spacial score (nSPS) is 10.7. The minimum atomic E-state index is 0.312. The Bertz CT molecular complexity index is 770. The average molecular weight is 318 g/mol. The zero-order valence-electron chi connectivity index (χ0n) is 11.1. The predicted molar refractivity (Wildman–Crippen MR) is 77.4 cm³/mol. The summed E-state index contributed by atoms with van der Waals surface area (Å²) in [5.41, 5.74) is 1.03. The maximum atomic E-state index is 9.18. The Morgan fingerprint density at radius 2 is 2.29 bits per heavy atom. The summed E-state index contributed by atoms with van der Waals surface area (Å²) < 4.78 is 6.61. The molecule has 0 atom stereocenters. The molecule has 21 heavy (non-hydrogen) atoms. The lowest BCUT2D eigenvalue weighted by Crippen LogP contribution is -2.03. The SMILES string of the molecule is COCc1nnc(-n2nnc(C#N)c2Cc2cccs2)s1. The first-order valence-corrected chi connectivity index (χ1v) is 7.70. The van der Waals surface area contributed by atoms with Crippen LogP contribution in [-0.2, 0) is 17.8 Å². The summed E-state index contributed by atoms with van der Waals surface area (Å²) in [5.74, 6) is 0. The highest BCUT2D eigenvalue weighted by Crippen LogP contribution is 2.21. The Balaban J connectivity index is 1.98. The number of hydrogen-bond donors (Lipinski definition) is 0. The van der Waals surface area contributed by atoms with Gasteiger partial charge < -0.3 is 4.74 Å². The number of nitriles is 1. The molecule has 0 saturated heterocycles. The first-order valence-electron chi connectivity index (χ1n) is 6.00. The van der Waals surface area contributed by atoms with Crippen LogP contribution in [-0.4, -0.2) is 32.3 Å². The molecule has 0 fully saturated rings. The van der Waals surface area contributed by atoms with E-state index >= 15 is 0 Å². The molecule has 0 N–H and O–H groups in total. The molecular weight excluding hydrogens is 308 g/mol. The van der Waals surface area contributed by atoms with Gasteiger partial charge in [-0.3, -0.25) is 0 Å². The van der Waals surface area contributed by atoms with Gasteiger partial charge in [0.15, 0.2) is 5.69 Å². The monoisotopic (exact) mass is 318 g/mol. The summed E-state index contributed by atoms with van der Waals surface area (Å²) in [5, 5.41) is 28.6. The molecule has 7 nitrogen and oxygen atoms in total. The lowest BCUT2D eigenvalue weighted by atomic mass is 10.2. The highest BCUT2D eigenvalue weighted by Gasteiger charge is 2.18. The molecule has 0 bridgehead atoms. The second kappa shape index (κ2) is 6.09. The molecular formula is C12H10N6OS2. The number of hydrogen-bond acceptors (Lipinski definition) is 8. The van der Waals surface area contributed by atoms with Gasteiger partial charge in [-0.15, -0.1) is 26.6 Å². The Morgan fingerprint density at radius 1 is 1.38 bits per heavy atom. The highest BCUT2D eigenvalue weighted by atomic mass is 32.1. The van der Waals surface area contributed by atoms with Crippen molar-refractivity contribution < 1.29 is 4.74 Å². The Labute approximate surface area is 128 Å². The van der Waals surface area contributed by atoms with Gasteiger partial charge in [0.2, 0.25) is 5.13 Å². The number of rotatable bonds is 5. The molecule has 0 aliphatic heterocycles. The van der Waals surface area contributed by atoms with E-state index in [4.69, 9.17) is 4.74 Å². The van der Waals surface area contributed by atoms with E-state index in [9.17, 15) is 5.26 Å². The van der Waals surface area contributed by atoms with Gasteiger partial charge in [0.1, 0.15) is 17.7 Å². The lowest BCUT2D eigenvalue weighted by Gasteiger charge is -2.00. The largest absolute Gasteiger partial charge is 0.377 e. The number of methoxy groups -OCH3 is 1. The number of aromatic nitrogens is 5. The third kappa shape index (κ3) is 2.82. The van der Waals surface area contributed by atoms with Crippen LogP contribution >= 0.6 is 22.7 Å². The molecule has 3 rings (SSSR count). The predicted octanol–water partition coefficient (Wildman–Crippen LogP) is 1.79. The molecule has 0 aliphatic rings. The van der Waals surface area contributed by atoms with Crippen LogP contribution in [0.3, 0.4) is 0 Å². The second-order valence-corrected chi connectivity index (χ2v) is 6.15. The van der Waals surface area contributed by atoms with Crippen LogP contribution in [0.25, 0.3) is 5.13 Å². The summed E-state index contributed by atoms with van der Waals surface area (Å²) in [7, 11) is 1.60. The van der Waals surface area contributed by atoms with Crippen molar-refractivity contribution in [2.45, 2.75) is 13.0 Å². The fraction of sp³-hybridized carbons (Fsp3) is 0.250. The van der Waals surface area contributed by atoms with Crippen LogP contribution in [0, 0.1) is 11.3 Å². The van der Waals surface area contributed by atoms with Gasteiger partial charge in [-0.1, -0.05) is 22.6 Å². The molecule has 106 valence electrons. The highest BCUT2D eigenvalue weighted by molar-refractivity contribution is 7.13. The minimum absolute atomic E-state index is 0.312. The van der Waals surface area contributed by atoms with Crippen LogP contribution in [0.1, 0.15) is 21.3 Å². The summed E-state index contributed by atoms with van der Waals surface area (Å²) in [6, 6.07) is 6.06. The van der Waals surface area contributed by atoms with E-state index in [0.29, 0.717) is 23.9 Å². The van der Waals surface area contributed by atoms with Crippen molar-refractivity contribution in [3.05, 3.63) is 38.8 Å². The van der Waals surface area contributed by atoms with Crippen molar-refractivity contribution in [1.29, 1.82) is 5.26 Å². The molecule has 0 amide bonds. The number of nitrogens with zero attached hydrogens (tertiary/aromatic N) is 6. The van der Waals surface area contributed by atoms with E-state index in [0.717, 1.165) is 15.6 Å². The van der Waals surface area contributed by atoms with Crippen molar-refractivity contribution in [3.63, 3.8) is 0 Å². The van der Waals surface area contributed by atoms with Crippen LogP contribution in [0.4, 0.5) is 0 Å². The van der Waals surface area contributed by atoms with Gasteiger partial charge in [-0.2, -0.15) is 9.94 Å². The summed E-state index contributed by atoms with van der Waals surface area (Å²) >= 11 is 3.00. The van der Waals surface area contributed by atoms with Crippen molar-refractivity contribution >= 4 is 22.7 Å². The lowest BCUT2D eigenvalue weighted by molar-refractivity contribution is 0.184. The zero-order valence-corrected chi connectivity index (χ0v) is 12.7. The standard InChI is InChI=1S/C12H10N6OS2/c1-19-7-11-15-16-12(21-11)18-10(9(6-13)14-17-18)5-8-3-2-4-20-8/h2-4H,5,7H2,1H3. The Hall–Kier alpha value is -2.15. The molecule has 0 radical (unpaired) electrons. The molecule has 3 heterocycles. The van der Waals surface area contributed by atoms with Crippen molar-refractivity contribution in [1.82, 2.24) is 25.2 Å². The molecule has 3 aromatic heterocycles. The maximum absolute atomic E-state index is 9.18. The molecule has 0 unspecified atom stereocenters. The Kier molecular flexibility index (Phi) is 4.01. The quantitative estimate of drug-likeness (QED) is 0.712. The van der Waals surface area contributed by atoms with E-state index < -0.39 is 0 Å². The fourth-order valence-corrected chi connectivity index (χ4v) is 3.28. The maximum Gasteiger partial charge on any atom is 0.234 e. The van der Waals surface area contributed by atoms with Gasteiger partial charge in [-0.25, -0.2) is 0 Å². The summed E-state index contributed by atoms with van der Waals surface area (Å²) in [6.45, 7) is 0.401. The summed E-state index contributed by atoms with van der Waals surface area (Å²) in [6.07, 6.45) is 0.590. The fourth-order valence-electron chi connectivity index (χ4n) is 1.79. The second-order valence-electron chi connectivity index (χ2n) is 4.08. The zero-order chi connectivity index (χ0) is 14.7. The first kappa shape index (κ1) is 13.8. The average Bonchev–Trinajstić information content (AvgIpc) is 3.20. The van der Waals surface area contributed by atoms with E-state index in [1.54, 1.807) is 23.1 Å². The topological polar surface area (TPSA) is 89.5 Å². The minimum Gasteiger partial charge on any atom is -0.377 e. The smallest absolute Gasteiger partial charge is 0.234 e. The Morgan fingerprint density at radius 3 is 3.00 bits per heavy atom. The third-order valence-corrected chi connectivity index (χ3v) is 4.44. The van der Waals surface area contributed by atoms with Gasteiger partial charge in [0.25, 0.3) is 0 Å². The van der Waals surface area contributed by atoms with Crippen LogP contribution in [0.2, 0.25) is 0 Å². The van der Waals surface area contributed by atoms with Crippen molar-refractivity contribution in [2.24, 2.45) is 0 Å². The van der Waals surface area contributed by atoms with Crippen LogP contribution < -0.4 is 0 Å². The van der Waals surface area contributed by atoms with Gasteiger partial charge in [0, 0.05) is 18.4 Å². The molecule has 0 aliphatic carbocycles. The van der Waals surface area contributed by atoms with Crippen LogP contribution in [0.5, 0.6) is 0 Å². The molecule has 0 aromatic carbocycles. The van der Waals surface area contributed by atoms with E-state index in [1.807, 2.05) is 17.5 Å². The van der Waals surface area contributed by atoms with E-state index in [2.05, 4.69) is 26.6 Å².